The summed E-state index contributed by atoms with van der Waals surface area (Å²) in [6, 6.07) is 6.81. The molecule has 1 aromatic carbocycles. The first-order valence-corrected chi connectivity index (χ1v) is 10.2. The second-order valence-electron chi connectivity index (χ2n) is 6.76. The fraction of sp³-hybridized carbons (Fsp3) is 0.474. The molecule has 0 unspecified atom stereocenters. The number of hydrogen-bond donors (Lipinski definition) is 2. The van der Waals surface area contributed by atoms with Gasteiger partial charge in [-0.25, -0.2) is 9.37 Å². The molecule has 0 amide bonds. The SMILES string of the molecule is CN=C(NCCc1nc(C(F)(F)F)cs1)NC1CCN(c2cccc(F)c2)CC1.I. The first-order chi connectivity index (χ1) is 13.8. The average Bonchev–Trinajstić information content (AvgIpc) is 3.17. The van der Waals surface area contributed by atoms with Crippen LogP contribution in [0.15, 0.2) is 34.6 Å². The molecule has 1 saturated heterocycles. The highest BCUT2D eigenvalue weighted by Crippen LogP contribution is 2.30. The van der Waals surface area contributed by atoms with Gasteiger partial charge in [-0.3, -0.25) is 4.99 Å². The minimum Gasteiger partial charge on any atom is -0.371 e. The van der Waals surface area contributed by atoms with Crippen molar-refractivity contribution in [1.29, 1.82) is 0 Å². The average molecular weight is 557 g/mol. The Morgan fingerprint density at radius 3 is 2.63 bits per heavy atom. The van der Waals surface area contributed by atoms with Crippen molar-refractivity contribution in [2.24, 2.45) is 4.99 Å². The maximum atomic E-state index is 13.4. The van der Waals surface area contributed by atoms with Gasteiger partial charge in [-0.05, 0) is 31.0 Å². The van der Waals surface area contributed by atoms with Crippen LogP contribution in [0, 0.1) is 5.82 Å². The number of halogens is 5. The number of aromatic nitrogens is 1. The Morgan fingerprint density at radius 2 is 2.03 bits per heavy atom. The molecule has 1 aliphatic rings. The maximum absolute atomic E-state index is 13.4. The molecular weight excluding hydrogens is 533 g/mol. The van der Waals surface area contributed by atoms with Crippen molar-refractivity contribution in [3.05, 3.63) is 46.2 Å². The molecule has 3 rings (SSSR count). The number of nitrogens with one attached hydrogen (secondary N) is 2. The molecule has 1 aliphatic heterocycles. The van der Waals surface area contributed by atoms with Crippen LogP contribution in [0.2, 0.25) is 0 Å². The number of guanidine groups is 1. The summed E-state index contributed by atoms with van der Waals surface area (Å²) >= 11 is 1.01. The molecule has 11 heteroatoms. The lowest BCUT2D eigenvalue weighted by Crippen LogP contribution is -2.49. The molecule has 0 radical (unpaired) electrons. The van der Waals surface area contributed by atoms with Gasteiger partial charge >= 0.3 is 6.18 Å². The van der Waals surface area contributed by atoms with Crippen LogP contribution in [0.25, 0.3) is 0 Å². The number of piperidine rings is 1. The van der Waals surface area contributed by atoms with Gasteiger partial charge in [-0.2, -0.15) is 13.2 Å². The van der Waals surface area contributed by atoms with Crippen LogP contribution in [0.3, 0.4) is 0 Å². The number of rotatable bonds is 5. The number of aliphatic imine (C=N–C) groups is 1. The zero-order chi connectivity index (χ0) is 20.9. The summed E-state index contributed by atoms with van der Waals surface area (Å²) in [6.45, 7) is 2.04. The zero-order valence-corrected chi connectivity index (χ0v) is 19.5. The number of alkyl halides is 3. The van der Waals surface area contributed by atoms with Crippen molar-refractivity contribution in [2.75, 3.05) is 31.6 Å². The molecule has 2 heterocycles. The third kappa shape index (κ3) is 6.96. The first kappa shape index (κ1) is 24.6. The van der Waals surface area contributed by atoms with Gasteiger partial charge in [0, 0.05) is 50.2 Å². The molecule has 0 spiro atoms. The van der Waals surface area contributed by atoms with E-state index < -0.39 is 11.9 Å². The predicted octanol–water partition coefficient (Wildman–Crippen LogP) is 4.30. The fourth-order valence-corrected chi connectivity index (χ4v) is 3.99. The van der Waals surface area contributed by atoms with Crippen molar-refractivity contribution in [3.63, 3.8) is 0 Å². The van der Waals surface area contributed by atoms with Crippen LogP contribution >= 0.6 is 35.3 Å². The summed E-state index contributed by atoms with van der Waals surface area (Å²) < 4.78 is 51.2. The topological polar surface area (TPSA) is 52.6 Å². The van der Waals surface area contributed by atoms with Gasteiger partial charge in [0.1, 0.15) is 5.82 Å². The molecule has 2 aromatic rings. The van der Waals surface area contributed by atoms with E-state index in [-0.39, 0.29) is 35.8 Å². The van der Waals surface area contributed by atoms with E-state index in [2.05, 4.69) is 25.5 Å². The number of hydrogen-bond acceptors (Lipinski definition) is 4. The highest BCUT2D eigenvalue weighted by Gasteiger charge is 2.33. The molecule has 5 nitrogen and oxygen atoms in total. The van der Waals surface area contributed by atoms with Crippen molar-refractivity contribution in [3.8, 4) is 0 Å². The van der Waals surface area contributed by atoms with Gasteiger partial charge in [-0.15, -0.1) is 35.3 Å². The van der Waals surface area contributed by atoms with Gasteiger partial charge < -0.3 is 15.5 Å². The van der Waals surface area contributed by atoms with Gasteiger partial charge in [0.25, 0.3) is 0 Å². The quantitative estimate of drug-likeness (QED) is 0.249. The van der Waals surface area contributed by atoms with Crippen molar-refractivity contribution >= 4 is 47.0 Å². The second-order valence-corrected chi connectivity index (χ2v) is 7.70. The van der Waals surface area contributed by atoms with E-state index in [1.807, 2.05) is 6.07 Å². The van der Waals surface area contributed by atoms with Crippen LogP contribution in [0.4, 0.5) is 23.2 Å². The Balaban J connectivity index is 0.00000320. The predicted molar refractivity (Wildman–Crippen MR) is 122 cm³/mol. The number of anilines is 1. The number of nitrogens with zero attached hydrogens (tertiary/aromatic N) is 3. The minimum absolute atomic E-state index is 0. The van der Waals surface area contributed by atoms with Crippen LogP contribution in [0.5, 0.6) is 0 Å². The summed E-state index contributed by atoms with van der Waals surface area (Å²) in [5.74, 6) is 0.372. The minimum atomic E-state index is -4.40. The standard InChI is InChI=1S/C19H23F4N5S.HI/c1-24-18(25-8-5-17-27-16(12-29-17)19(21,22)23)26-14-6-9-28(10-7-14)15-4-2-3-13(20)11-15;/h2-4,11-12,14H,5-10H2,1H3,(H2,24,25,26);1H. The molecule has 166 valence electrons. The Kier molecular flexibility index (Phi) is 9.13. The summed E-state index contributed by atoms with van der Waals surface area (Å²) in [4.78, 5) is 9.96. The summed E-state index contributed by atoms with van der Waals surface area (Å²) in [7, 11) is 1.66. The molecule has 1 fully saturated rings. The number of thiazole rings is 1. The molecule has 2 N–H and O–H groups in total. The lowest BCUT2D eigenvalue weighted by molar-refractivity contribution is -0.140. The van der Waals surface area contributed by atoms with E-state index in [4.69, 9.17) is 0 Å². The molecule has 0 atom stereocenters. The third-order valence-electron chi connectivity index (χ3n) is 4.71. The fourth-order valence-electron chi connectivity index (χ4n) is 3.19. The molecule has 1 aromatic heterocycles. The van der Waals surface area contributed by atoms with Crippen molar-refractivity contribution < 1.29 is 17.6 Å². The smallest absolute Gasteiger partial charge is 0.371 e. The highest BCUT2D eigenvalue weighted by atomic mass is 127. The number of benzene rings is 1. The molecular formula is C19H24F4IN5S. The normalized spacial score (nSPS) is 15.6. The maximum Gasteiger partial charge on any atom is 0.434 e. The third-order valence-corrected chi connectivity index (χ3v) is 5.61. The van der Waals surface area contributed by atoms with E-state index in [1.54, 1.807) is 13.1 Å². The highest BCUT2D eigenvalue weighted by molar-refractivity contribution is 14.0. The van der Waals surface area contributed by atoms with Crippen LogP contribution in [0.1, 0.15) is 23.5 Å². The lowest BCUT2D eigenvalue weighted by Gasteiger charge is -2.34. The van der Waals surface area contributed by atoms with Gasteiger partial charge in [-0.1, -0.05) is 6.07 Å². The lowest BCUT2D eigenvalue weighted by atomic mass is 10.0. The zero-order valence-electron chi connectivity index (χ0n) is 16.4. The van der Waals surface area contributed by atoms with Gasteiger partial charge in [0.15, 0.2) is 11.7 Å². The molecule has 0 bridgehead atoms. The molecule has 0 aliphatic carbocycles. The largest absolute Gasteiger partial charge is 0.434 e. The van der Waals surface area contributed by atoms with E-state index in [0.29, 0.717) is 23.9 Å². The van der Waals surface area contributed by atoms with E-state index in [0.717, 1.165) is 48.3 Å². The van der Waals surface area contributed by atoms with E-state index in [9.17, 15) is 17.6 Å². The van der Waals surface area contributed by atoms with Crippen LogP contribution in [-0.2, 0) is 12.6 Å². The Labute approximate surface area is 194 Å². The second kappa shape index (κ2) is 11.1. The Bertz CT molecular complexity index is 834. The first-order valence-electron chi connectivity index (χ1n) is 9.34. The van der Waals surface area contributed by atoms with E-state index >= 15 is 0 Å². The molecule has 0 saturated carbocycles. The Hall–Kier alpha value is -1.63. The molecule has 30 heavy (non-hydrogen) atoms. The van der Waals surface area contributed by atoms with Gasteiger partial charge in [0.05, 0.1) is 5.01 Å². The van der Waals surface area contributed by atoms with Gasteiger partial charge in [0.2, 0.25) is 0 Å². The van der Waals surface area contributed by atoms with Crippen LogP contribution in [-0.4, -0.2) is 43.7 Å². The van der Waals surface area contributed by atoms with Crippen LogP contribution < -0.4 is 15.5 Å². The Morgan fingerprint density at radius 1 is 1.30 bits per heavy atom. The summed E-state index contributed by atoms with van der Waals surface area (Å²) in [6.07, 6.45) is -2.27. The van der Waals surface area contributed by atoms with E-state index in [1.165, 1.54) is 12.1 Å². The monoisotopic (exact) mass is 557 g/mol. The van der Waals surface area contributed by atoms with Crippen molar-refractivity contribution in [2.45, 2.75) is 31.5 Å². The van der Waals surface area contributed by atoms with Crippen molar-refractivity contribution in [1.82, 2.24) is 15.6 Å². The summed E-state index contributed by atoms with van der Waals surface area (Å²) in [5.41, 5.74) is 0.0395. The summed E-state index contributed by atoms with van der Waals surface area (Å²) in [5, 5.41) is 7.94.